The van der Waals surface area contributed by atoms with E-state index in [0.717, 1.165) is 11.4 Å². The van der Waals surface area contributed by atoms with Gasteiger partial charge in [-0.15, -0.1) is 5.10 Å². The predicted octanol–water partition coefficient (Wildman–Crippen LogP) is 3.78. The van der Waals surface area contributed by atoms with E-state index in [9.17, 15) is 0 Å². The molecule has 2 fully saturated rings. The van der Waals surface area contributed by atoms with Crippen LogP contribution in [-0.2, 0) is 5.66 Å². The third-order valence-electron chi connectivity index (χ3n) is 5.77. The van der Waals surface area contributed by atoms with Crippen LogP contribution in [0.25, 0.3) is 11.0 Å². The molecule has 1 aromatic carbocycles. The van der Waals surface area contributed by atoms with Gasteiger partial charge in [0.05, 0.1) is 5.52 Å². The van der Waals surface area contributed by atoms with E-state index in [1.807, 2.05) is 0 Å². The highest BCUT2D eigenvalue weighted by atomic mass is 15.5. The molecule has 1 aliphatic heterocycles. The van der Waals surface area contributed by atoms with E-state index in [2.05, 4.69) is 51.1 Å². The van der Waals surface area contributed by atoms with Gasteiger partial charge in [-0.3, -0.25) is 4.90 Å². The molecule has 1 saturated carbocycles. The summed E-state index contributed by atoms with van der Waals surface area (Å²) in [6, 6.07) is 8.42. The zero-order valence-electron chi connectivity index (χ0n) is 13.5. The molecule has 2 aliphatic rings. The number of rotatable bonds is 2. The van der Waals surface area contributed by atoms with Gasteiger partial charge in [-0.25, -0.2) is 4.68 Å². The van der Waals surface area contributed by atoms with Crippen molar-refractivity contribution in [2.45, 2.75) is 57.5 Å². The Balaban J connectivity index is 1.77. The van der Waals surface area contributed by atoms with Gasteiger partial charge in [0.25, 0.3) is 0 Å². The summed E-state index contributed by atoms with van der Waals surface area (Å²) in [5.74, 6) is 0.865. The highest BCUT2D eigenvalue weighted by Gasteiger charge is 2.42. The number of hydrogen-bond acceptors (Lipinski definition) is 3. The Labute approximate surface area is 132 Å². The molecule has 0 radical (unpaired) electrons. The van der Waals surface area contributed by atoms with Crippen molar-refractivity contribution in [3.63, 3.8) is 0 Å². The van der Waals surface area contributed by atoms with Crippen LogP contribution in [0.3, 0.4) is 0 Å². The molecular formula is C18H26N4. The Morgan fingerprint density at radius 3 is 2.55 bits per heavy atom. The van der Waals surface area contributed by atoms with Crippen molar-refractivity contribution >= 4 is 11.0 Å². The molecule has 0 spiro atoms. The van der Waals surface area contributed by atoms with Crippen LogP contribution in [-0.4, -0.2) is 33.0 Å². The Hall–Kier alpha value is -1.42. The fourth-order valence-electron chi connectivity index (χ4n) is 4.38. The van der Waals surface area contributed by atoms with Gasteiger partial charge >= 0.3 is 0 Å². The zero-order chi connectivity index (χ0) is 15.0. The molecule has 4 heteroatoms. The fourth-order valence-corrected chi connectivity index (χ4v) is 4.38. The molecule has 22 heavy (non-hydrogen) atoms. The first-order valence-corrected chi connectivity index (χ1v) is 8.86. The van der Waals surface area contributed by atoms with Gasteiger partial charge in [-0.1, -0.05) is 30.7 Å². The first kappa shape index (κ1) is 14.2. The van der Waals surface area contributed by atoms with Gasteiger partial charge in [-0.05, 0) is 56.6 Å². The summed E-state index contributed by atoms with van der Waals surface area (Å²) < 4.78 is 2.26. The summed E-state index contributed by atoms with van der Waals surface area (Å²) in [6.07, 6.45) is 9.03. The minimum Gasteiger partial charge on any atom is -0.279 e. The van der Waals surface area contributed by atoms with Gasteiger partial charge in [0.1, 0.15) is 11.2 Å². The highest BCUT2D eigenvalue weighted by molar-refractivity contribution is 5.74. The van der Waals surface area contributed by atoms with Crippen molar-refractivity contribution in [3.8, 4) is 0 Å². The number of hydrogen-bond donors (Lipinski definition) is 0. The monoisotopic (exact) mass is 298 g/mol. The average molecular weight is 298 g/mol. The number of benzene rings is 1. The maximum atomic E-state index is 4.61. The van der Waals surface area contributed by atoms with E-state index in [4.69, 9.17) is 0 Å². The number of para-hydroxylation sites is 1. The molecule has 1 aliphatic carbocycles. The lowest BCUT2D eigenvalue weighted by Gasteiger charge is -2.48. The quantitative estimate of drug-likeness (QED) is 0.846. The number of nitrogens with zero attached hydrogens (tertiary/aromatic N) is 4. The smallest absolute Gasteiger partial charge is 0.117 e. The normalized spacial score (nSPS) is 23.9. The van der Waals surface area contributed by atoms with E-state index in [1.54, 1.807) is 0 Å². The van der Waals surface area contributed by atoms with Crippen molar-refractivity contribution < 1.29 is 0 Å². The van der Waals surface area contributed by atoms with Crippen LogP contribution in [0.1, 0.15) is 51.9 Å². The molecule has 0 amide bonds. The Morgan fingerprint density at radius 1 is 1.05 bits per heavy atom. The highest BCUT2D eigenvalue weighted by Crippen LogP contribution is 2.41. The first-order valence-electron chi connectivity index (χ1n) is 8.86. The standard InChI is InChI=1S/C18H26N4/c1-15-9-13-21(14-10-15)18(11-5-2-6-12-18)22-17-8-4-3-7-16(17)19-20-22/h3-4,7-8,15H,2,5-6,9-14H2,1H3. The third kappa shape index (κ3) is 2.24. The van der Waals surface area contributed by atoms with E-state index in [1.165, 1.54) is 63.6 Å². The van der Waals surface area contributed by atoms with Crippen LogP contribution in [0.15, 0.2) is 24.3 Å². The maximum Gasteiger partial charge on any atom is 0.117 e. The van der Waals surface area contributed by atoms with Crippen LogP contribution < -0.4 is 0 Å². The van der Waals surface area contributed by atoms with Crippen LogP contribution in [0.4, 0.5) is 0 Å². The summed E-state index contributed by atoms with van der Waals surface area (Å²) in [7, 11) is 0. The molecule has 0 atom stereocenters. The number of fused-ring (bicyclic) bond motifs is 1. The summed E-state index contributed by atoms with van der Waals surface area (Å²) in [5.41, 5.74) is 2.29. The lowest BCUT2D eigenvalue weighted by Crippen LogP contribution is -2.54. The molecule has 4 nitrogen and oxygen atoms in total. The van der Waals surface area contributed by atoms with E-state index < -0.39 is 0 Å². The topological polar surface area (TPSA) is 34.0 Å². The minimum absolute atomic E-state index is 0.0640. The summed E-state index contributed by atoms with van der Waals surface area (Å²) in [5, 5.41) is 9.05. The van der Waals surface area contributed by atoms with Crippen molar-refractivity contribution in [3.05, 3.63) is 24.3 Å². The van der Waals surface area contributed by atoms with Gasteiger partial charge in [0.2, 0.25) is 0 Å². The Kier molecular flexibility index (Phi) is 3.65. The molecule has 118 valence electrons. The molecule has 2 aromatic rings. The Bertz CT molecular complexity index is 633. The van der Waals surface area contributed by atoms with Crippen LogP contribution in [0.2, 0.25) is 0 Å². The molecule has 1 saturated heterocycles. The summed E-state index contributed by atoms with van der Waals surface area (Å²) in [6.45, 7) is 4.79. The van der Waals surface area contributed by atoms with E-state index >= 15 is 0 Å². The fraction of sp³-hybridized carbons (Fsp3) is 0.667. The largest absolute Gasteiger partial charge is 0.279 e. The zero-order valence-corrected chi connectivity index (χ0v) is 13.5. The molecule has 2 heterocycles. The second-order valence-corrected chi connectivity index (χ2v) is 7.20. The summed E-state index contributed by atoms with van der Waals surface area (Å²) in [4.78, 5) is 2.72. The number of likely N-dealkylation sites (tertiary alicyclic amines) is 1. The maximum absolute atomic E-state index is 4.61. The molecule has 1 aromatic heterocycles. The second kappa shape index (κ2) is 5.65. The average Bonchev–Trinajstić information content (AvgIpc) is 3.01. The Morgan fingerprint density at radius 2 is 1.77 bits per heavy atom. The lowest BCUT2D eigenvalue weighted by molar-refractivity contribution is -0.0439. The van der Waals surface area contributed by atoms with Gasteiger partial charge in [0, 0.05) is 13.1 Å². The van der Waals surface area contributed by atoms with Crippen molar-refractivity contribution in [2.24, 2.45) is 5.92 Å². The molecule has 4 rings (SSSR count). The van der Waals surface area contributed by atoms with E-state index in [-0.39, 0.29) is 5.66 Å². The third-order valence-corrected chi connectivity index (χ3v) is 5.77. The minimum atomic E-state index is 0.0640. The van der Waals surface area contributed by atoms with Crippen LogP contribution >= 0.6 is 0 Å². The van der Waals surface area contributed by atoms with Gasteiger partial charge < -0.3 is 0 Å². The number of aromatic nitrogens is 3. The molecule has 0 N–H and O–H groups in total. The van der Waals surface area contributed by atoms with Crippen molar-refractivity contribution in [1.29, 1.82) is 0 Å². The SMILES string of the molecule is CC1CCN(C2(n3nnc4ccccc43)CCCCC2)CC1. The van der Waals surface area contributed by atoms with Crippen molar-refractivity contribution in [1.82, 2.24) is 19.9 Å². The van der Waals surface area contributed by atoms with Crippen LogP contribution in [0.5, 0.6) is 0 Å². The predicted molar refractivity (Wildman–Crippen MR) is 88.6 cm³/mol. The van der Waals surface area contributed by atoms with Crippen molar-refractivity contribution in [2.75, 3.05) is 13.1 Å². The van der Waals surface area contributed by atoms with Crippen LogP contribution in [0, 0.1) is 5.92 Å². The van der Waals surface area contributed by atoms with Gasteiger partial charge in [-0.2, -0.15) is 0 Å². The second-order valence-electron chi connectivity index (χ2n) is 7.20. The van der Waals surface area contributed by atoms with Gasteiger partial charge in [0.15, 0.2) is 0 Å². The number of piperidine rings is 1. The van der Waals surface area contributed by atoms with E-state index in [0.29, 0.717) is 0 Å². The summed E-state index contributed by atoms with van der Waals surface area (Å²) >= 11 is 0. The lowest BCUT2D eigenvalue weighted by atomic mass is 9.85. The molecule has 0 unspecified atom stereocenters. The molecule has 0 bridgehead atoms. The molecular weight excluding hydrogens is 272 g/mol. The first-order chi connectivity index (χ1) is 10.8.